The maximum atomic E-state index is 12.0. The first-order valence-electron chi connectivity index (χ1n) is 7.01. The third-order valence-corrected chi connectivity index (χ3v) is 4.12. The first-order valence-corrected chi connectivity index (χ1v) is 7.01. The van der Waals surface area contributed by atoms with E-state index in [0.717, 1.165) is 50.9 Å². The maximum Gasteiger partial charge on any atom is 0.410 e. The molecule has 2 fully saturated rings. The van der Waals surface area contributed by atoms with Crippen LogP contribution < -0.4 is 0 Å². The number of rotatable bonds is 0. The molecule has 0 atom stereocenters. The first-order chi connectivity index (χ1) is 8.84. The molecule has 1 heterocycles. The summed E-state index contributed by atoms with van der Waals surface area (Å²) in [6.45, 7) is 7.23. The lowest BCUT2D eigenvalue weighted by Crippen LogP contribution is -2.38. The van der Waals surface area contributed by atoms with Gasteiger partial charge in [0.1, 0.15) is 5.60 Å². The molecule has 1 aliphatic heterocycles. The molecule has 1 spiro atoms. The molecule has 108 valence electrons. The molecule has 1 saturated heterocycles. The lowest BCUT2D eigenvalue weighted by molar-refractivity contribution is 0.0267. The van der Waals surface area contributed by atoms with E-state index in [1.165, 1.54) is 0 Å². The largest absolute Gasteiger partial charge is 0.444 e. The average molecular weight is 268 g/mol. The molecule has 0 radical (unpaired) electrons. The van der Waals surface area contributed by atoms with Crippen LogP contribution in [-0.4, -0.2) is 40.6 Å². The molecule has 1 saturated carbocycles. The number of carbonyl (C=O) groups is 1. The summed E-state index contributed by atoms with van der Waals surface area (Å²) in [4.78, 5) is 13.9. The standard InChI is InChI=1S/C14H24N2O3/c1-13(2,3)19-12(17)16-9-8-14(10-16)6-4-11(15-18)5-7-14/h18H,4-10H2,1-3H3. The highest BCUT2D eigenvalue weighted by Crippen LogP contribution is 2.43. The van der Waals surface area contributed by atoms with Crippen LogP contribution in [0.1, 0.15) is 52.9 Å². The van der Waals surface area contributed by atoms with Gasteiger partial charge in [-0.2, -0.15) is 0 Å². The first kappa shape index (κ1) is 14.2. The molecule has 0 bridgehead atoms. The van der Waals surface area contributed by atoms with Crippen LogP contribution >= 0.6 is 0 Å². The zero-order valence-electron chi connectivity index (χ0n) is 12.1. The summed E-state index contributed by atoms with van der Waals surface area (Å²) in [6.07, 6.45) is 4.53. The Morgan fingerprint density at radius 1 is 1.32 bits per heavy atom. The quantitative estimate of drug-likeness (QED) is 0.542. The van der Waals surface area contributed by atoms with Gasteiger partial charge in [-0.3, -0.25) is 0 Å². The van der Waals surface area contributed by atoms with Crippen LogP contribution in [-0.2, 0) is 4.74 Å². The Balaban J connectivity index is 1.91. The molecular formula is C14H24N2O3. The van der Waals surface area contributed by atoms with Crippen LogP contribution in [0.5, 0.6) is 0 Å². The lowest BCUT2D eigenvalue weighted by atomic mass is 9.73. The summed E-state index contributed by atoms with van der Waals surface area (Å²) in [5, 5.41) is 12.1. The molecule has 5 heteroatoms. The fourth-order valence-electron chi connectivity index (χ4n) is 2.99. The van der Waals surface area contributed by atoms with E-state index in [4.69, 9.17) is 9.94 Å². The molecule has 1 N–H and O–H groups in total. The molecule has 5 nitrogen and oxygen atoms in total. The highest BCUT2D eigenvalue weighted by Gasteiger charge is 2.42. The van der Waals surface area contributed by atoms with Crippen molar-refractivity contribution in [2.24, 2.45) is 10.6 Å². The second-order valence-corrected chi connectivity index (χ2v) is 6.82. The Bertz CT molecular complexity index is 375. The Kier molecular flexibility index (Phi) is 3.74. The molecular weight excluding hydrogens is 244 g/mol. The van der Waals surface area contributed by atoms with Gasteiger partial charge in [0.25, 0.3) is 0 Å². The van der Waals surface area contributed by atoms with Crippen molar-refractivity contribution in [2.45, 2.75) is 58.5 Å². The highest BCUT2D eigenvalue weighted by atomic mass is 16.6. The van der Waals surface area contributed by atoms with Crippen LogP contribution in [0, 0.1) is 5.41 Å². The van der Waals surface area contributed by atoms with Crippen LogP contribution in [0.15, 0.2) is 5.16 Å². The predicted molar refractivity (Wildman–Crippen MR) is 72.5 cm³/mol. The van der Waals surface area contributed by atoms with Gasteiger partial charge in [0, 0.05) is 13.1 Å². The topological polar surface area (TPSA) is 62.1 Å². The smallest absolute Gasteiger partial charge is 0.410 e. The molecule has 2 rings (SSSR count). The van der Waals surface area contributed by atoms with Crippen LogP contribution in [0.3, 0.4) is 0 Å². The number of likely N-dealkylation sites (tertiary alicyclic amines) is 1. The van der Waals surface area contributed by atoms with Gasteiger partial charge in [0.2, 0.25) is 0 Å². The van der Waals surface area contributed by atoms with Crippen molar-refractivity contribution in [1.82, 2.24) is 4.90 Å². The molecule has 1 aliphatic carbocycles. The average Bonchev–Trinajstić information content (AvgIpc) is 2.73. The fraction of sp³-hybridized carbons (Fsp3) is 0.857. The van der Waals surface area contributed by atoms with Crippen LogP contribution in [0.4, 0.5) is 4.79 Å². The number of nitrogens with zero attached hydrogens (tertiary/aromatic N) is 2. The van der Waals surface area contributed by atoms with E-state index < -0.39 is 5.60 Å². The summed E-state index contributed by atoms with van der Waals surface area (Å²) in [6, 6.07) is 0. The summed E-state index contributed by atoms with van der Waals surface area (Å²) < 4.78 is 5.42. The van der Waals surface area contributed by atoms with E-state index in [0.29, 0.717) is 0 Å². The second-order valence-electron chi connectivity index (χ2n) is 6.82. The number of hydrogen-bond acceptors (Lipinski definition) is 4. The minimum absolute atomic E-state index is 0.203. The zero-order chi connectivity index (χ0) is 14.1. The number of ether oxygens (including phenoxy) is 1. The van der Waals surface area contributed by atoms with Crippen molar-refractivity contribution < 1.29 is 14.7 Å². The van der Waals surface area contributed by atoms with Gasteiger partial charge in [-0.15, -0.1) is 0 Å². The Hall–Kier alpha value is -1.26. The van der Waals surface area contributed by atoms with Crippen LogP contribution in [0.25, 0.3) is 0 Å². The second kappa shape index (κ2) is 5.02. The van der Waals surface area contributed by atoms with Crippen molar-refractivity contribution in [1.29, 1.82) is 0 Å². The lowest BCUT2D eigenvalue weighted by Gasteiger charge is -2.33. The highest BCUT2D eigenvalue weighted by molar-refractivity contribution is 5.84. The molecule has 0 aromatic rings. The van der Waals surface area contributed by atoms with Gasteiger partial charge in [0.15, 0.2) is 0 Å². The summed E-state index contributed by atoms with van der Waals surface area (Å²) in [5.74, 6) is 0. The molecule has 1 amide bonds. The zero-order valence-corrected chi connectivity index (χ0v) is 12.1. The molecule has 2 aliphatic rings. The van der Waals surface area contributed by atoms with Crippen molar-refractivity contribution >= 4 is 11.8 Å². The molecule has 0 unspecified atom stereocenters. The predicted octanol–water partition coefficient (Wildman–Crippen LogP) is 3.02. The van der Waals surface area contributed by atoms with Gasteiger partial charge in [-0.05, 0) is 58.3 Å². The van der Waals surface area contributed by atoms with Gasteiger partial charge in [-0.25, -0.2) is 4.79 Å². The van der Waals surface area contributed by atoms with E-state index >= 15 is 0 Å². The van der Waals surface area contributed by atoms with E-state index in [1.807, 2.05) is 25.7 Å². The molecule has 19 heavy (non-hydrogen) atoms. The normalized spacial score (nSPS) is 27.7. The molecule has 0 aromatic carbocycles. The van der Waals surface area contributed by atoms with E-state index in [-0.39, 0.29) is 11.5 Å². The van der Waals surface area contributed by atoms with E-state index in [1.54, 1.807) is 0 Å². The van der Waals surface area contributed by atoms with Crippen molar-refractivity contribution in [3.8, 4) is 0 Å². The summed E-state index contributed by atoms with van der Waals surface area (Å²) in [7, 11) is 0. The summed E-state index contributed by atoms with van der Waals surface area (Å²) >= 11 is 0. The Morgan fingerprint density at radius 3 is 2.47 bits per heavy atom. The van der Waals surface area contributed by atoms with Gasteiger partial charge in [-0.1, -0.05) is 5.16 Å². The Morgan fingerprint density at radius 2 is 1.95 bits per heavy atom. The van der Waals surface area contributed by atoms with Crippen molar-refractivity contribution in [3.05, 3.63) is 0 Å². The maximum absolute atomic E-state index is 12.0. The summed E-state index contributed by atoms with van der Waals surface area (Å²) in [5.41, 5.74) is 0.669. The number of carbonyl (C=O) groups excluding carboxylic acids is 1. The fourth-order valence-corrected chi connectivity index (χ4v) is 2.99. The number of hydrogen-bond donors (Lipinski definition) is 1. The van der Waals surface area contributed by atoms with Crippen molar-refractivity contribution in [3.63, 3.8) is 0 Å². The minimum Gasteiger partial charge on any atom is -0.444 e. The van der Waals surface area contributed by atoms with Gasteiger partial charge < -0.3 is 14.8 Å². The molecule has 0 aromatic heterocycles. The minimum atomic E-state index is -0.434. The Labute approximate surface area is 114 Å². The number of amides is 1. The van der Waals surface area contributed by atoms with Gasteiger partial charge >= 0.3 is 6.09 Å². The van der Waals surface area contributed by atoms with Crippen LogP contribution in [0.2, 0.25) is 0 Å². The van der Waals surface area contributed by atoms with Gasteiger partial charge in [0.05, 0.1) is 5.71 Å². The van der Waals surface area contributed by atoms with E-state index in [2.05, 4.69) is 5.16 Å². The third kappa shape index (κ3) is 3.39. The van der Waals surface area contributed by atoms with Crippen molar-refractivity contribution in [2.75, 3.05) is 13.1 Å². The SMILES string of the molecule is CC(C)(C)OC(=O)N1CCC2(CCC(=NO)CC2)C1. The number of oxime groups is 1. The monoisotopic (exact) mass is 268 g/mol. The van der Waals surface area contributed by atoms with E-state index in [9.17, 15) is 4.79 Å². The third-order valence-electron chi connectivity index (χ3n) is 4.12.